The Hall–Kier alpha value is -2.02. The third-order valence-electron chi connectivity index (χ3n) is 4.45. The molecular formula is C21H30N4O2. The van der Waals surface area contributed by atoms with Gasteiger partial charge in [0.25, 0.3) is 0 Å². The highest BCUT2D eigenvalue weighted by molar-refractivity contribution is 5.57. The molecule has 0 aliphatic carbocycles. The monoisotopic (exact) mass is 370 g/mol. The normalized spacial score (nSPS) is 15.7. The van der Waals surface area contributed by atoms with Crippen LogP contribution in [0.15, 0.2) is 30.3 Å². The zero-order chi connectivity index (χ0) is 19.3. The first-order chi connectivity index (χ1) is 12.9. The lowest BCUT2D eigenvalue weighted by molar-refractivity contribution is 0.0342. The van der Waals surface area contributed by atoms with Gasteiger partial charge < -0.3 is 14.8 Å². The van der Waals surface area contributed by atoms with E-state index in [1.54, 1.807) is 7.11 Å². The topological polar surface area (TPSA) is 59.5 Å². The fourth-order valence-corrected chi connectivity index (χ4v) is 3.03. The van der Waals surface area contributed by atoms with Gasteiger partial charge in [-0.25, -0.2) is 9.97 Å². The van der Waals surface area contributed by atoms with Gasteiger partial charge in [0, 0.05) is 43.9 Å². The van der Waals surface area contributed by atoms with Crippen molar-refractivity contribution >= 4 is 11.5 Å². The SMILES string of the molecule is COCc1cc(Nc2cccc(CN3CCOCC3)c2)nc(C(C)(C)C)n1. The van der Waals surface area contributed by atoms with E-state index >= 15 is 0 Å². The third kappa shape index (κ3) is 5.73. The molecule has 0 atom stereocenters. The third-order valence-corrected chi connectivity index (χ3v) is 4.45. The molecule has 6 heteroatoms. The van der Waals surface area contributed by atoms with Crippen molar-refractivity contribution in [2.75, 3.05) is 38.7 Å². The molecule has 0 unspecified atom stereocenters. The van der Waals surface area contributed by atoms with E-state index in [4.69, 9.17) is 14.5 Å². The van der Waals surface area contributed by atoms with Crippen LogP contribution < -0.4 is 5.32 Å². The maximum atomic E-state index is 5.43. The molecule has 1 N–H and O–H groups in total. The quantitative estimate of drug-likeness (QED) is 0.840. The van der Waals surface area contributed by atoms with E-state index in [9.17, 15) is 0 Å². The van der Waals surface area contributed by atoms with Gasteiger partial charge in [-0.1, -0.05) is 32.9 Å². The van der Waals surface area contributed by atoms with E-state index in [0.29, 0.717) is 6.61 Å². The summed E-state index contributed by atoms with van der Waals surface area (Å²) in [7, 11) is 1.68. The number of aromatic nitrogens is 2. The highest BCUT2D eigenvalue weighted by Crippen LogP contribution is 2.23. The summed E-state index contributed by atoms with van der Waals surface area (Å²) in [6.07, 6.45) is 0. The van der Waals surface area contributed by atoms with Crippen molar-refractivity contribution in [2.24, 2.45) is 0 Å². The molecule has 0 amide bonds. The zero-order valence-electron chi connectivity index (χ0n) is 16.8. The van der Waals surface area contributed by atoms with Crippen LogP contribution in [0.2, 0.25) is 0 Å². The molecule has 146 valence electrons. The van der Waals surface area contributed by atoms with Gasteiger partial charge in [0.1, 0.15) is 11.6 Å². The van der Waals surface area contributed by atoms with E-state index in [0.717, 1.165) is 55.9 Å². The van der Waals surface area contributed by atoms with Crippen LogP contribution in [0.4, 0.5) is 11.5 Å². The van der Waals surface area contributed by atoms with Crippen LogP contribution in [-0.4, -0.2) is 48.3 Å². The minimum absolute atomic E-state index is 0.127. The maximum absolute atomic E-state index is 5.43. The molecule has 1 aliphatic heterocycles. The molecule has 1 fully saturated rings. The van der Waals surface area contributed by atoms with Crippen LogP contribution in [0.1, 0.15) is 37.9 Å². The Kier molecular flexibility index (Phi) is 6.42. The van der Waals surface area contributed by atoms with Crippen molar-refractivity contribution in [1.82, 2.24) is 14.9 Å². The first kappa shape index (κ1) is 19.7. The van der Waals surface area contributed by atoms with Crippen molar-refractivity contribution in [3.63, 3.8) is 0 Å². The highest BCUT2D eigenvalue weighted by Gasteiger charge is 2.19. The highest BCUT2D eigenvalue weighted by atomic mass is 16.5. The standard InChI is InChI=1S/C21H30N4O2/c1-21(2,3)20-23-18(15-26-4)13-19(24-20)22-17-7-5-6-16(12-17)14-25-8-10-27-11-9-25/h5-7,12-13H,8-11,14-15H2,1-4H3,(H,22,23,24). The Morgan fingerprint density at radius 3 is 2.63 bits per heavy atom. The first-order valence-electron chi connectivity index (χ1n) is 9.47. The Morgan fingerprint density at radius 1 is 1.15 bits per heavy atom. The van der Waals surface area contributed by atoms with Crippen LogP contribution >= 0.6 is 0 Å². The molecule has 0 radical (unpaired) electrons. The molecule has 27 heavy (non-hydrogen) atoms. The summed E-state index contributed by atoms with van der Waals surface area (Å²) < 4.78 is 10.7. The minimum Gasteiger partial charge on any atom is -0.379 e. The van der Waals surface area contributed by atoms with Crippen molar-refractivity contribution in [1.29, 1.82) is 0 Å². The van der Waals surface area contributed by atoms with Gasteiger partial charge in [-0.05, 0) is 17.7 Å². The van der Waals surface area contributed by atoms with Crippen LogP contribution in [-0.2, 0) is 28.0 Å². The second-order valence-electron chi connectivity index (χ2n) is 7.97. The van der Waals surface area contributed by atoms with Crippen LogP contribution in [0, 0.1) is 0 Å². The molecule has 0 spiro atoms. The molecule has 1 aliphatic rings. The van der Waals surface area contributed by atoms with Crippen molar-refractivity contribution < 1.29 is 9.47 Å². The Labute approximate surface area is 161 Å². The molecule has 0 saturated carbocycles. The molecule has 6 nitrogen and oxygen atoms in total. The smallest absolute Gasteiger partial charge is 0.136 e. The largest absolute Gasteiger partial charge is 0.379 e. The lowest BCUT2D eigenvalue weighted by Gasteiger charge is -2.26. The lowest BCUT2D eigenvalue weighted by Crippen LogP contribution is -2.35. The molecular weight excluding hydrogens is 340 g/mol. The van der Waals surface area contributed by atoms with E-state index < -0.39 is 0 Å². The van der Waals surface area contributed by atoms with Gasteiger partial charge in [0.15, 0.2) is 0 Å². The molecule has 0 bridgehead atoms. The number of nitrogens with zero attached hydrogens (tertiary/aromatic N) is 3. The second kappa shape index (κ2) is 8.78. The number of anilines is 2. The molecule has 1 saturated heterocycles. The Balaban J connectivity index is 1.77. The number of hydrogen-bond acceptors (Lipinski definition) is 6. The van der Waals surface area contributed by atoms with Crippen LogP contribution in [0.3, 0.4) is 0 Å². The van der Waals surface area contributed by atoms with Crippen molar-refractivity contribution in [3.8, 4) is 0 Å². The summed E-state index contributed by atoms with van der Waals surface area (Å²) in [5, 5.41) is 3.44. The number of methoxy groups -OCH3 is 1. The van der Waals surface area contributed by atoms with Crippen LogP contribution in [0.25, 0.3) is 0 Å². The van der Waals surface area contributed by atoms with Gasteiger partial charge in [-0.2, -0.15) is 0 Å². The number of ether oxygens (including phenoxy) is 2. The zero-order valence-corrected chi connectivity index (χ0v) is 16.8. The Bertz CT molecular complexity index is 752. The van der Waals surface area contributed by atoms with Gasteiger partial charge in [-0.3, -0.25) is 4.90 Å². The summed E-state index contributed by atoms with van der Waals surface area (Å²) in [6.45, 7) is 11.4. The molecule has 2 aromatic rings. The number of morpholine rings is 1. The van der Waals surface area contributed by atoms with Gasteiger partial charge in [0.05, 0.1) is 25.5 Å². The van der Waals surface area contributed by atoms with E-state index in [1.165, 1.54) is 5.56 Å². The molecule has 3 rings (SSSR count). The summed E-state index contributed by atoms with van der Waals surface area (Å²) in [6, 6.07) is 10.5. The predicted molar refractivity (Wildman–Crippen MR) is 107 cm³/mol. The van der Waals surface area contributed by atoms with Crippen LogP contribution in [0.5, 0.6) is 0 Å². The van der Waals surface area contributed by atoms with Gasteiger partial charge >= 0.3 is 0 Å². The first-order valence-corrected chi connectivity index (χ1v) is 9.47. The number of rotatable bonds is 6. The predicted octanol–water partition coefficient (Wildman–Crippen LogP) is 3.50. The number of hydrogen-bond donors (Lipinski definition) is 1. The van der Waals surface area contributed by atoms with Crippen molar-refractivity contribution in [2.45, 2.75) is 39.3 Å². The lowest BCUT2D eigenvalue weighted by atomic mass is 9.95. The summed E-state index contributed by atoms with van der Waals surface area (Å²) >= 11 is 0. The molecule has 2 heterocycles. The van der Waals surface area contributed by atoms with Gasteiger partial charge in [-0.15, -0.1) is 0 Å². The average Bonchev–Trinajstić information content (AvgIpc) is 2.62. The minimum atomic E-state index is -0.127. The summed E-state index contributed by atoms with van der Waals surface area (Å²) in [5.74, 6) is 1.61. The molecule has 1 aromatic carbocycles. The van der Waals surface area contributed by atoms with Gasteiger partial charge in [0.2, 0.25) is 0 Å². The summed E-state index contributed by atoms with van der Waals surface area (Å²) in [5.41, 5.74) is 3.06. The Morgan fingerprint density at radius 2 is 1.93 bits per heavy atom. The fourth-order valence-electron chi connectivity index (χ4n) is 3.03. The van der Waals surface area contributed by atoms with E-state index in [2.05, 4.69) is 60.2 Å². The summed E-state index contributed by atoms with van der Waals surface area (Å²) in [4.78, 5) is 11.8. The number of nitrogens with one attached hydrogen (secondary N) is 1. The van der Waals surface area contributed by atoms with E-state index in [-0.39, 0.29) is 5.41 Å². The second-order valence-corrected chi connectivity index (χ2v) is 7.97. The average molecular weight is 370 g/mol. The van der Waals surface area contributed by atoms with Crippen molar-refractivity contribution in [3.05, 3.63) is 47.4 Å². The van der Waals surface area contributed by atoms with E-state index in [1.807, 2.05) is 6.07 Å². The molecule has 1 aromatic heterocycles. The maximum Gasteiger partial charge on any atom is 0.136 e. The number of benzene rings is 1. The fraction of sp³-hybridized carbons (Fsp3) is 0.524.